The number of nitro benzene ring substituents is 1. The van der Waals surface area contributed by atoms with E-state index in [4.69, 9.17) is 0 Å². The van der Waals surface area contributed by atoms with E-state index in [0.717, 1.165) is 28.3 Å². The maximum Gasteiger partial charge on any atom is 0.269 e. The highest BCUT2D eigenvalue weighted by atomic mass is 16.6. The largest absolute Gasteiger partial charge is 0.269 e. The minimum atomic E-state index is -0.418. The van der Waals surface area contributed by atoms with Crippen LogP contribution >= 0.6 is 0 Å². The molecular formula is C18H16N4O2. The fraction of sp³-hybridized carbons (Fsp3) is 0.111. The molecule has 0 unspecified atom stereocenters. The Morgan fingerprint density at radius 1 is 1.08 bits per heavy atom. The molecule has 1 heterocycles. The van der Waals surface area contributed by atoms with Crippen LogP contribution in [0.25, 0.3) is 5.69 Å². The van der Waals surface area contributed by atoms with Gasteiger partial charge in [-0.25, -0.2) is 4.68 Å². The molecule has 2 aromatic carbocycles. The monoisotopic (exact) mass is 320 g/mol. The van der Waals surface area contributed by atoms with Crippen LogP contribution in [-0.2, 0) is 0 Å². The van der Waals surface area contributed by atoms with Gasteiger partial charge in [0.1, 0.15) is 5.69 Å². The van der Waals surface area contributed by atoms with Crippen molar-refractivity contribution in [1.29, 1.82) is 0 Å². The molecule has 0 aliphatic carbocycles. The summed E-state index contributed by atoms with van der Waals surface area (Å²) in [6, 6.07) is 16.2. The number of nitrogens with zero attached hydrogens (tertiary/aromatic N) is 4. The van der Waals surface area contributed by atoms with E-state index in [1.807, 2.05) is 48.9 Å². The summed E-state index contributed by atoms with van der Waals surface area (Å²) >= 11 is 0. The van der Waals surface area contributed by atoms with E-state index in [1.54, 1.807) is 18.3 Å². The molecular weight excluding hydrogens is 304 g/mol. The third-order valence-electron chi connectivity index (χ3n) is 3.70. The van der Waals surface area contributed by atoms with Crippen molar-refractivity contribution in [3.63, 3.8) is 0 Å². The second kappa shape index (κ2) is 6.45. The number of para-hydroxylation sites is 1. The van der Waals surface area contributed by atoms with E-state index < -0.39 is 4.92 Å². The molecule has 0 spiro atoms. The molecule has 0 amide bonds. The van der Waals surface area contributed by atoms with Gasteiger partial charge in [0.2, 0.25) is 0 Å². The zero-order valence-corrected chi connectivity index (χ0v) is 13.4. The van der Waals surface area contributed by atoms with Crippen LogP contribution < -0.4 is 0 Å². The zero-order valence-electron chi connectivity index (χ0n) is 13.4. The highest BCUT2D eigenvalue weighted by Gasteiger charge is 2.11. The Balaban J connectivity index is 1.90. The number of nitro groups is 1. The van der Waals surface area contributed by atoms with Crippen LogP contribution in [0.4, 0.5) is 11.4 Å². The maximum atomic E-state index is 10.7. The molecule has 0 bridgehead atoms. The topological polar surface area (TPSA) is 73.3 Å². The number of hydrogen-bond donors (Lipinski definition) is 0. The van der Waals surface area contributed by atoms with Gasteiger partial charge in [-0.15, -0.1) is 0 Å². The molecule has 0 aliphatic heterocycles. The third-order valence-corrected chi connectivity index (χ3v) is 3.70. The van der Waals surface area contributed by atoms with E-state index in [9.17, 15) is 10.1 Å². The van der Waals surface area contributed by atoms with Gasteiger partial charge in [0.25, 0.3) is 5.69 Å². The first-order valence-corrected chi connectivity index (χ1v) is 7.46. The van der Waals surface area contributed by atoms with Crippen LogP contribution in [-0.4, -0.2) is 20.9 Å². The molecule has 1 aromatic heterocycles. The van der Waals surface area contributed by atoms with Gasteiger partial charge in [0.15, 0.2) is 0 Å². The van der Waals surface area contributed by atoms with Gasteiger partial charge >= 0.3 is 0 Å². The molecule has 0 aliphatic rings. The van der Waals surface area contributed by atoms with Gasteiger partial charge in [-0.2, -0.15) is 5.10 Å². The minimum Gasteiger partial charge on any atom is -0.258 e. The first kappa shape index (κ1) is 15.6. The summed E-state index contributed by atoms with van der Waals surface area (Å²) in [6.07, 6.45) is 1.69. The SMILES string of the molecule is Cc1nn(-c2ccccc2)c(C)c1N=Cc1ccc([N+](=O)[O-])cc1. The van der Waals surface area contributed by atoms with Crippen LogP contribution in [0.15, 0.2) is 59.6 Å². The predicted octanol–water partition coefficient (Wildman–Crippen LogP) is 4.15. The zero-order chi connectivity index (χ0) is 17.1. The van der Waals surface area contributed by atoms with Gasteiger partial charge in [-0.3, -0.25) is 15.1 Å². The summed E-state index contributed by atoms with van der Waals surface area (Å²) in [6.45, 7) is 3.88. The Kier molecular flexibility index (Phi) is 4.20. The highest BCUT2D eigenvalue weighted by molar-refractivity contribution is 5.82. The molecule has 0 radical (unpaired) electrons. The lowest BCUT2D eigenvalue weighted by Gasteiger charge is -2.03. The van der Waals surface area contributed by atoms with Crippen molar-refractivity contribution in [3.8, 4) is 5.69 Å². The molecule has 3 aromatic rings. The van der Waals surface area contributed by atoms with Crippen LogP contribution in [0.3, 0.4) is 0 Å². The van der Waals surface area contributed by atoms with Crippen molar-refractivity contribution in [2.45, 2.75) is 13.8 Å². The lowest BCUT2D eigenvalue weighted by molar-refractivity contribution is -0.384. The van der Waals surface area contributed by atoms with Crippen LogP contribution in [0.1, 0.15) is 17.0 Å². The van der Waals surface area contributed by atoms with Crippen molar-refractivity contribution < 1.29 is 4.92 Å². The van der Waals surface area contributed by atoms with E-state index in [1.165, 1.54) is 12.1 Å². The number of hydrogen-bond acceptors (Lipinski definition) is 4. The second-order valence-corrected chi connectivity index (χ2v) is 5.37. The average Bonchev–Trinajstić information content (AvgIpc) is 2.88. The van der Waals surface area contributed by atoms with Crippen molar-refractivity contribution in [2.75, 3.05) is 0 Å². The number of rotatable bonds is 4. The number of aryl methyl sites for hydroxylation is 1. The van der Waals surface area contributed by atoms with Crippen molar-refractivity contribution >= 4 is 17.6 Å². The maximum absolute atomic E-state index is 10.7. The number of aromatic nitrogens is 2. The summed E-state index contributed by atoms with van der Waals surface area (Å²) in [7, 11) is 0. The smallest absolute Gasteiger partial charge is 0.258 e. The van der Waals surface area contributed by atoms with E-state index in [2.05, 4.69) is 10.1 Å². The van der Waals surface area contributed by atoms with Crippen molar-refractivity contribution in [2.24, 2.45) is 4.99 Å². The van der Waals surface area contributed by atoms with E-state index in [0.29, 0.717) is 0 Å². The van der Waals surface area contributed by atoms with Crippen molar-refractivity contribution in [1.82, 2.24) is 9.78 Å². The summed E-state index contributed by atoms with van der Waals surface area (Å²) in [5.41, 5.74) is 4.42. The minimum absolute atomic E-state index is 0.0661. The van der Waals surface area contributed by atoms with E-state index >= 15 is 0 Å². The van der Waals surface area contributed by atoms with E-state index in [-0.39, 0.29) is 5.69 Å². The predicted molar refractivity (Wildman–Crippen MR) is 93.4 cm³/mol. The standard InChI is InChI=1S/C18H16N4O2/c1-13-18(14(2)21(20-13)16-6-4-3-5-7-16)19-12-15-8-10-17(11-9-15)22(23)24/h3-12H,1-2H3. The lowest BCUT2D eigenvalue weighted by atomic mass is 10.2. The molecule has 0 atom stereocenters. The Labute approximate surface area is 139 Å². The fourth-order valence-corrected chi connectivity index (χ4v) is 2.46. The molecule has 120 valence electrons. The van der Waals surface area contributed by atoms with Crippen LogP contribution in [0, 0.1) is 24.0 Å². The molecule has 0 fully saturated rings. The molecule has 24 heavy (non-hydrogen) atoms. The number of non-ortho nitro benzene ring substituents is 1. The molecule has 6 heteroatoms. The summed E-state index contributed by atoms with van der Waals surface area (Å²) in [5, 5.41) is 15.2. The first-order valence-electron chi connectivity index (χ1n) is 7.46. The van der Waals surface area contributed by atoms with Gasteiger partial charge < -0.3 is 0 Å². The third kappa shape index (κ3) is 3.08. The Morgan fingerprint density at radius 3 is 2.38 bits per heavy atom. The normalized spacial score (nSPS) is 11.1. The number of aliphatic imine (C=N–C) groups is 1. The first-order chi connectivity index (χ1) is 11.6. The van der Waals surface area contributed by atoms with Gasteiger partial charge in [0, 0.05) is 18.3 Å². The summed E-state index contributed by atoms with van der Waals surface area (Å²) in [5.74, 6) is 0. The summed E-state index contributed by atoms with van der Waals surface area (Å²) in [4.78, 5) is 14.8. The quantitative estimate of drug-likeness (QED) is 0.412. The fourth-order valence-electron chi connectivity index (χ4n) is 2.46. The molecule has 0 saturated heterocycles. The van der Waals surface area contributed by atoms with Gasteiger partial charge in [-0.1, -0.05) is 18.2 Å². The van der Waals surface area contributed by atoms with Crippen LogP contribution in [0.5, 0.6) is 0 Å². The Morgan fingerprint density at radius 2 is 1.75 bits per heavy atom. The second-order valence-electron chi connectivity index (χ2n) is 5.37. The van der Waals surface area contributed by atoms with Gasteiger partial charge in [0.05, 0.1) is 22.0 Å². The molecule has 3 rings (SSSR count). The number of benzene rings is 2. The van der Waals surface area contributed by atoms with Crippen LogP contribution in [0.2, 0.25) is 0 Å². The van der Waals surface area contributed by atoms with Crippen molar-refractivity contribution in [3.05, 3.63) is 81.7 Å². The van der Waals surface area contributed by atoms with Gasteiger partial charge in [-0.05, 0) is 43.7 Å². The summed E-state index contributed by atoms with van der Waals surface area (Å²) < 4.78 is 1.86. The highest BCUT2D eigenvalue weighted by Crippen LogP contribution is 2.25. The lowest BCUT2D eigenvalue weighted by Crippen LogP contribution is -1.98. The Bertz CT molecular complexity index is 897. The average molecular weight is 320 g/mol. The molecule has 0 N–H and O–H groups in total. The molecule has 6 nitrogen and oxygen atoms in total. The molecule has 0 saturated carbocycles. The Hall–Kier alpha value is -3.28.